The van der Waals surface area contributed by atoms with Crippen LogP contribution in [0.4, 0.5) is 0 Å². The Hall–Kier alpha value is -0.440. The third-order valence-electron chi connectivity index (χ3n) is 1.02. The van der Waals surface area contributed by atoms with Gasteiger partial charge in [-0.3, -0.25) is 5.41 Å². The first-order valence-corrected chi connectivity index (χ1v) is 3.87. The number of nitrogens with one attached hydrogen (secondary N) is 2. The summed E-state index contributed by atoms with van der Waals surface area (Å²) in [6, 6.07) is 0. The maximum absolute atomic E-state index is 7.29. The van der Waals surface area contributed by atoms with Crippen LogP contribution in [0.1, 0.15) is 20.3 Å². The van der Waals surface area contributed by atoms with Crippen LogP contribution in [-0.2, 0) is 0 Å². The van der Waals surface area contributed by atoms with Gasteiger partial charge < -0.3 is 5.41 Å². The molecular formula is C7H11BrN2. The summed E-state index contributed by atoms with van der Waals surface area (Å²) in [6.45, 7) is 3.71. The van der Waals surface area contributed by atoms with Crippen LogP contribution < -0.4 is 0 Å². The van der Waals surface area contributed by atoms with Crippen LogP contribution in [0.2, 0.25) is 0 Å². The summed E-state index contributed by atoms with van der Waals surface area (Å²) in [4.78, 5) is 0. The van der Waals surface area contributed by atoms with Gasteiger partial charge >= 0.3 is 0 Å². The molecule has 0 aromatic carbocycles. The molecule has 0 saturated heterocycles. The van der Waals surface area contributed by atoms with Crippen molar-refractivity contribution in [1.29, 1.82) is 10.8 Å². The van der Waals surface area contributed by atoms with E-state index in [2.05, 4.69) is 15.9 Å². The summed E-state index contributed by atoms with van der Waals surface area (Å²) in [5, 5.41) is 14.5. The zero-order chi connectivity index (χ0) is 8.15. The Balaban J connectivity index is 4.11. The Kier molecular flexibility index (Phi) is 4.19. The molecule has 0 heterocycles. The van der Waals surface area contributed by atoms with Gasteiger partial charge in [-0.15, -0.1) is 0 Å². The summed E-state index contributed by atoms with van der Waals surface area (Å²) in [7, 11) is 0. The lowest BCUT2D eigenvalue weighted by Gasteiger charge is -1.95. The van der Waals surface area contributed by atoms with E-state index >= 15 is 0 Å². The summed E-state index contributed by atoms with van der Waals surface area (Å²) >= 11 is 3.20. The fourth-order valence-corrected chi connectivity index (χ4v) is 0.705. The molecule has 0 spiro atoms. The van der Waals surface area contributed by atoms with Crippen LogP contribution in [-0.4, -0.2) is 11.4 Å². The van der Waals surface area contributed by atoms with Crippen molar-refractivity contribution >= 4 is 27.4 Å². The first-order chi connectivity index (χ1) is 4.57. The maximum atomic E-state index is 7.29. The normalized spacial score (nSPS) is 11.3. The van der Waals surface area contributed by atoms with Crippen molar-refractivity contribution in [3.8, 4) is 0 Å². The van der Waals surface area contributed by atoms with Gasteiger partial charge in [0.2, 0.25) is 0 Å². The van der Waals surface area contributed by atoms with Crippen molar-refractivity contribution in [2.45, 2.75) is 20.3 Å². The molecule has 0 radical (unpaired) electrons. The summed E-state index contributed by atoms with van der Waals surface area (Å²) in [5.41, 5.74) is 0.663. The third-order valence-corrected chi connectivity index (χ3v) is 1.25. The second-order valence-corrected chi connectivity index (χ2v) is 3.23. The van der Waals surface area contributed by atoms with Gasteiger partial charge in [-0.05, 0) is 23.9 Å². The van der Waals surface area contributed by atoms with E-state index in [1.54, 1.807) is 6.08 Å². The van der Waals surface area contributed by atoms with Crippen LogP contribution in [0, 0.1) is 10.8 Å². The maximum Gasteiger partial charge on any atom is 0.0755 e. The van der Waals surface area contributed by atoms with Crippen LogP contribution >= 0.6 is 15.9 Å². The van der Waals surface area contributed by atoms with Crippen molar-refractivity contribution in [2.24, 2.45) is 0 Å². The highest BCUT2D eigenvalue weighted by Gasteiger charge is 1.97. The van der Waals surface area contributed by atoms with E-state index in [1.807, 2.05) is 13.8 Å². The zero-order valence-corrected chi connectivity index (χ0v) is 7.75. The second kappa shape index (κ2) is 4.39. The Morgan fingerprint density at radius 3 is 2.30 bits per heavy atom. The van der Waals surface area contributed by atoms with Crippen molar-refractivity contribution in [3.05, 3.63) is 10.6 Å². The average Bonchev–Trinajstić information content (AvgIpc) is 1.85. The Bertz CT molecular complexity index is 178. The molecule has 0 aliphatic heterocycles. The van der Waals surface area contributed by atoms with Crippen LogP contribution in [0.3, 0.4) is 0 Å². The van der Waals surface area contributed by atoms with Crippen LogP contribution in [0.25, 0.3) is 0 Å². The van der Waals surface area contributed by atoms with E-state index in [1.165, 1.54) is 0 Å². The molecule has 0 aromatic heterocycles. The molecule has 0 aliphatic carbocycles. The number of allylic oxidation sites excluding steroid dienone is 2. The Morgan fingerprint density at radius 1 is 1.50 bits per heavy atom. The first kappa shape index (κ1) is 9.56. The highest BCUT2D eigenvalue weighted by atomic mass is 79.9. The van der Waals surface area contributed by atoms with E-state index in [0.717, 1.165) is 4.48 Å². The molecule has 0 bridgehead atoms. The molecule has 0 amide bonds. The number of hydrogen-bond acceptors (Lipinski definition) is 2. The predicted octanol–water partition coefficient (Wildman–Crippen LogP) is 2.73. The minimum absolute atomic E-state index is 0.289. The van der Waals surface area contributed by atoms with Gasteiger partial charge in [0.15, 0.2) is 0 Å². The molecule has 2 N–H and O–H groups in total. The van der Waals surface area contributed by atoms with Gasteiger partial charge in [-0.2, -0.15) is 0 Å². The molecule has 56 valence electrons. The van der Waals surface area contributed by atoms with Crippen molar-refractivity contribution in [1.82, 2.24) is 0 Å². The number of halogens is 1. The Morgan fingerprint density at radius 2 is 2.00 bits per heavy atom. The molecular weight excluding hydrogens is 192 g/mol. The smallest absolute Gasteiger partial charge is 0.0755 e. The van der Waals surface area contributed by atoms with E-state index in [9.17, 15) is 0 Å². The number of rotatable bonds is 3. The van der Waals surface area contributed by atoms with Crippen LogP contribution in [0.5, 0.6) is 0 Å². The molecule has 0 fully saturated rings. The fourth-order valence-electron chi connectivity index (χ4n) is 0.476. The fraction of sp³-hybridized carbons (Fsp3) is 0.429. The summed E-state index contributed by atoms with van der Waals surface area (Å²) in [5.74, 6) is 0. The van der Waals surface area contributed by atoms with Gasteiger partial charge in [0.25, 0.3) is 0 Å². The molecule has 0 unspecified atom stereocenters. The van der Waals surface area contributed by atoms with Gasteiger partial charge in [-0.25, -0.2) is 0 Å². The van der Waals surface area contributed by atoms with E-state index < -0.39 is 0 Å². The highest BCUT2D eigenvalue weighted by molar-refractivity contribution is 9.11. The van der Waals surface area contributed by atoms with E-state index in [0.29, 0.717) is 12.1 Å². The number of hydrogen-bond donors (Lipinski definition) is 2. The monoisotopic (exact) mass is 202 g/mol. The molecule has 2 nitrogen and oxygen atoms in total. The molecule has 0 aromatic rings. The lowest BCUT2D eigenvalue weighted by atomic mass is 10.2. The van der Waals surface area contributed by atoms with E-state index in [4.69, 9.17) is 10.8 Å². The minimum Gasteiger partial charge on any atom is -0.303 e. The van der Waals surface area contributed by atoms with E-state index in [-0.39, 0.29) is 5.71 Å². The molecule has 0 saturated carbocycles. The molecule has 3 heteroatoms. The van der Waals surface area contributed by atoms with Gasteiger partial charge in [0, 0.05) is 0 Å². The quantitative estimate of drug-likeness (QED) is 0.662. The summed E-state index contributed by atoms with van der Waals surface area (Å²) in [6.07, 6.45) is 2.25. The van der Waals surface area contributed by atoms with Gasteiger partial charge in [-0.1, -0.05) is 22.9 Å². The van der Waals surface area contributed by atoms with Crippen molar-refractivity contribution in [3.63, 3.8) is 0 Å². The molecule has 10 heavy (non-hydrogen) atoms. The zero-order valence-electron chi connectivity index (χ0n) is 6.16. The molecule has 0 atom stereocenters. The summed E-state index contributed by atoms with van der Waals surface area (Å²) < 4.78 is 0.885. The second-order valence-electron chi connectivity index (χ2n) is 1.98. The third kappa shape index (κ3) is 3.56. The van der Waals surface area contributed by atoms with Gasteiger partial charge in [0.05, 0.1) is 11.4 Å². The topological polar surface area (TPSA) is 47.7 Å². The lowest BCUT2D eigenvalue weighted by molar-refractivity contribution is 1.26. The standard InChI is InChI=1S/C7H11BrN2/c1-3-6(9)7(10)4-5(2)8/h4,9-10H,3H2,1-2H3/b5-4+,9-6?,10-7?. The SMILES string of the molecule is CCC(=N)C(=N)/C=C(\C)Br. The average molecular weight is 203 g/mol. The first-order valence-electron chi connectivity index (χ1n) is 3.08. The molecule has 0 aliphatic rings. The molecule has 0 rings (SSSR count). The predicted molar refractivity (Wildman–Crippen MR) is 48.4 cm³/mol. The minimum atomic E-state index is 0.289. The Labute approximate surface area is 69.5 Å². The van der Waals surface area contributed by atoms with Crippen LogP contribution in [0.15, 0.2) is 10.6 Å². The van der Waals surface area contributed by atoms with Crippen molar-refractivity contribution < 1.29 is 0 Å². The lowest BCUT2D eigenvalue weighted by Crippen LogP contribution is -2.06. The van der Waals surface area contributed by atoms with Gasteiger partial charge in [0.1, 0.15) is 0 Å². The largest absolute Gasteiger partial charge is 0.303 e. The van der Waals surface area contributed by atoms with Crippen molar-refractivity contribution in [2.75, 3.05) is 0 Å². The highest BCUT2D eigenvalue weighted by Crippen LogP contribution is 2.02.